The number of thiophene rings is 1. The van der Waals surface area contributed by atoms with Crippen molar-refractivity contribution >= 4 is 34.9 Å². The Balaban J connectivity index is 1.53. The average molecular weight is 372 g/mol. The summed E-state index contributed by atoms with van der Waals surface area (Å²) in [5.41, 5.74) is 1.79. The fourth-order valence-electron chi connectivity index (χ4n) is 2.41. The maximum absolute atomic E-state index is 11.9. The topological polar surface area (TPSA) is 46.9 Å². The average Bonchev–Trinajstić information content (AvgIpc) is 3.24. The summed E-state index contributed by atoms with van der Waals surface area (Å²) in [6.07, 6.45) is 5.90. The van der Waals surface area contributed by atoms with Gasteiger partial charge in [0.2, 0.25) is 5.91 Å². The Hall–Kier alpha value is -2.37. The lowest BCUT2D eigenvalue weighted by molar-refractivity contribution is -0.116. The predicted molar refractivity (Wildman–Crippen MR) is 104 cm³/mol. The number of carbonyl (C=O) groups excluding carboxylic acids is 1. The highest BCUT2D eigenvalue weighted by molar-refractivity contribution is 7.13. The number of hydrogen-bond donors (Lipinski definition) is 1. The predicted octanol–water partition coefficient (Wildman–Crippen LogP) is 4.17. The maximum Gasteiger partial charge on any atom is 0.244 e. The molecule has 0 aliphatic carbocycles. The third-order valence-electron chi connectivity index (χ3n) is 3.71. The summed E-state index contributed by atoms with van der Waals surface area (Å²) in [5.74, 6) is 0.798. The zero-order valence-electron chi connectivity index (χ0n) is 13.8. The van der Waals surface area contributed by atoms with Crippen LogP contribution in [0.1, 0.15) is 11.4 Å². The minimum absolute atomic E-state index is 0.146. The lowest BCUT2D eigenvalue weighted by atomic mass is 10.2. The van der Waals surface area contributed by atoms with Crippen LogP contribution in [-0.4, -0.2) is 22.0 Å². The fraction of sp³-hybridized carbons (Fsp3) is 0.158. The minimum Gasteiger partial charge on any atom is -0.352 e. The summed E-state index contributed by atoms with van der Waals surface area (Å²) in [4.78, 5) is 17.7. The van der Waals surface area contributed by atoms with E-state index in [0.717, 1.165) is 22.0 Å². The van der Waals surface area contributed by atoms with E-state index in [0.29, 0.717) is 18.0 Å². The molecular weight excluding hydrogens is 354 g/mol. The first kappa shape index (κ1) is 17.5. The van der Waals surface area contributed by atoms with Crippen molar-refractivity contribution in [3.05, 3.63) is 70.5 Å². The monoisotopic (exact) mass is 371 g/mol. The Bertz CT molecular complexity index is 884. The molecule has 0 fully saturated rings. The van der Waals surface area contributed by atoms with Gasteiger partial charge in [0, 0.05) is 37.3 Å². The molecule has 0 atom stereocenters. The van der Waals surface area contributed by atoms with Gasteiger partial charge in [0.1, 0.15) is 5.82 Å². The van der Waals surface area contributed by atoms with Gasteiger partial charge in [0.25, 0.3) is 0 Å². The third-order valence-corrected chi connectivity index (χ3v) is 4.95. The van der Waals surface area contributed by atoms with Gasteiger partial charge in [-0.1, -0.05) is 35.9 Å². The number of aryl methyl sites for hydroxylation is 1. The van der Waals surface area contributed by atoms with Gasteiger partial charge in [-0.05, 0) is 29.2 Å². The van der Waals surface area contributed by atoms with Crippen LogP contribution in [0.4, 0.5) is 0 Å². The molecule has 3 aromatic rings. The number of hydrogen-bond acceptors (Lipinski definition) is 3. The van der Waals surface area contributed by atoms with Gasteiger partial charge in [0.05, 0.1) is 10.6 Å². The molecule has 0 saturated heterocycles. The van der Waals surface area contributed by atoms with E-state index < -0.39 is 0 Å². The van der Waals surface area contributed by atoms with Gasteiger partial charge in [0.15, 0.2) is 0 Å². The SMILES string of the molecule is Cn1cc(-c2cccs2)nc1CCNC(=O)/C=C/c1ccccc1Cl. The largest absolute Gasteiger partial charge is 0.352 e. The van der Waals surface area contributed by atoms with E-state index >= 15 is 0 Å². The molecule has 4 nitrogen and oxygen atoms in total. The van der Waals surface area contributed by atoms with Crippen molar-refractivity contribution in [3.8, 4) is 10.6 Å². The number of amides is 1. The molecular formula is C19H18ClN3OS. The van der Waals surface area contributed by atoms with Crippen LogP contribution in [0.3, 0.4) is 0 Å². The molecule has 2 heterocycles. The standard InChI is InChI=1S/C19H18ClN3OS/c1-23-13-16(17-7-4-12-25-17)22-18(23)10-11-21-19(24)9-8-14-5-2-3-6-15(14)20/h2-9,12-13H,10-11H2,1H3,(H,21,24)/b9-8+. The van der Waals surface area contributed by atoms with Crippen molar-refractivity contribution < 1.29 is 4.79 Å². The number of imidazole rings is 1. The quantitative estimate of drug-likeness (QED) is 0.661. The van der Waals surface area contributed by atoms with Gasteiger partial charge >= 0.3 is 0 Å². The number of halogens is 1. The Morgan fingerprint density at radius 2 is 2.16 bits per heavy atom. The molecule has 0 saturated carbocycles. The molecule has 1 amide bonds. The van der Waals surface area contributed by atoms with Crippen molar-refractivity contribution in [1.82, 2.24) is 14.9 Å². The molecule has 1 aromatic carbocycles. The van der Waals surface area contributed by atoms with Gasteiger partial charge in [-0.2, -0.15) is 0 Å². The van der Waals surface area contributed by atoms with E-state index in [1.54, 1.807) is 23.5 Å². The first-order chi connectivity index (χ1) is 12.1. The summed E-state index contributed by atoms with van der Waals surface area (Å²) in [6, 6.07) is 11.5. The molecule has 25 heavy (non-hydrogen) atoms. The van der Waals surface area contributed by atoms with Crippen LogP contribution in [0.2, 0.25) is 5.02 Å². The van der Waals surface area contributed by atoms with E-state index in [2.05, 4.69) is 16.4 Å². The molecule has 0 spiro atoms. The smallest absolute Gasteiger partial charge is 0.244 e. The Labute approximate surface area is 155 Å². The van der Waals surface area contributed by atoms with Crippen molar-refractivity contribution in [2.75, 3.05) is 6.54 Å². The zero-order valence-corrected chi connectivity index (χ0v) is 15.3. The van der Waals surface area contributed by atoms with E-state index in [1.807, 2.05) is 47.5 Å². The molecule has 128 valence electrons. The van der Waals surface area contributed by atoms with Gasteiger partial charge < -0.3 is 9.88 Å². The molecule has 0 radical (unpaired) electrons. The number of nitrogens with zero attached hydrogens (tertiary/aromatic N) is 2. The molecule has 0 aliphatic heterocycles. The highest BCUT2D eigenvalue weighted by Gasteiger charge is 2.08. The second kappa shape index (κ2) is 8.14. The van der Waals surface area contributed by atoms with Gasteiger partial charge in [-0.15, -0.1) is 11.3 Å². The maximum atomic E-state index is 11.9. The van der Waals surface area contributed by atoms with Gasteiger partial charge in [-0.25, -0.2) is 4.98 Å². The molecule has 0 bridgehead atoms. The number of benzene rings is 1. The summed E-state index contributed by atoms with van der Waals surface area (Å²) < 4.78 is 2.00. The fourth-order valence-corrected chi connectivity index (χ4v) is 3.29. The summed E-state index contributed by atoms with van der Waals surface area (Å²) >= 11 is 7.73. The van der Waals surface area contributed by atoms with E-state index in [4.69, 9.17) is 11.6 Å². The van der Waals surface area contributed by atoms with Crippen LogP contribution in [0.15, 0.2) is 54.1 Å². The molecule has 6 heteroatoms. The number of nitrogens with one attached hydrogen (secondary N) is 1. The molecule has 0 unspecified atom stereocenters. The highest BCUT2D eigenvalue weighted by atomic mass is 35.5. The van der Waals surface area contributed by atoms with E-state index in [9.17, 15) is 4.79 Å². The molecule has 2 aromatic heterocycles. The number of aromatic nitrogens is 2. The van der Waals surface area contributed by atoms with Crippen LogP contribution in [-0.2, 0) is 18.3 Å². The molecule has 1 N–H and O–H groups in total. The zero-order chi connectivity index (χ0) is 17.6. The highest BCUT2D eigenvalue weighted by Crippen LogP contribution is 2.23. The second-order valence-corrected chi connectivity index (χ2v) is 6.88. The van der Waals surface area contributed by atoms with Crippen LogP contribution >= 0.6 is 22.9 Å². The summed E-state index contributed by atoms with van der Waals surface area (Å²) in [7, 11) is 1.97. The van der Waals surface area contributed by atoms with Crippen LogP contribution in [0, 0.1) is 0 Å². The molecule has 0 aliphatic rings. The van der Waals surface area contributed by atoms with Crippen LogP contribution in [0.5, 0.6) is 0 Å². The van der Waals surface area contributed by atoms with Crippen LogP contribution in [0.25, 0.3) is 16.6 Å². The van der Waals surface area contributed by atoms with Crippen LogP contribution < -0.4 is 5.32 Å². The first-order valence-corrected chi connectivity index (χ1v) is 9.16. The normalized spacial score (nSPS) is 11.1. The molecule has 3 rings (SSSR count). The summed E-state index contributed by atoms with van der Waals surface area (Å²) in [5, 5.41) is 5.54. The lowest BCUT2D eigenvalue weighted by Crippen LogP contribution is -2.24. The van der Waals surface area contributed by atoms with Crippen molar-refractivity contribution in [1.29, 1.82) is 0 Å². The van der Waals surface area contributed by atoms with Crippen molar-refractivity contribution in [3.63, 3.8) is 0 Å². The number of rotatable bonds is 6. The van der Waals surface area contributed by atoms with E-state index in [1.165, 1.54) is 6.08 Å². The Morgan fingerprint density at radius 1 is 1.32 bits per heavy atom. The van der Waals surface area contributed by atoms with Crippen molar-refractivity contribution in [2.45, 2.75) is 6.42 Å². The summed E-state index contributed by atoms with van der Waals surface area (Å²) in [6.45, 7) is 0.528. The first-order valence-electron chi connectivity index (χ1n) is 7.90. The minimum atomic E-state index is -0.146. The Kier molecular flexibility index (Phi) is 5.68. The second-order valence-electron chi connectivity index (χ2n) is 5.53. The number of carbonyl (C=O) groups is 1. The van der Waals surface area contributed by atoms with E-state index in [-0.39, 0.29) is 5.91 Å². The third kappa shape index (κ3) is 4.59. The lowest BCUT2D eigenvalue weighted by Gasteiger charge is -2.03. The van der Waals surface area contributed by atoms with Gasteiger partial charge in [-0.3, -0.25) is 4.79 Å². The van der Waals surface area contributed by atoms with Crippen molar-refractivity contribution in [2.24, 2.45) is 7.05 Å². The Morgan fingerprint density at radius 3 is 2.92 bits per heavy atom.